The molecule has 1 aliphatic rings. The van der Waals surface area contributed by atoms with E-state index in [9.17, 15) is 4.79 Å². The van der Waals surface area contributed by atoms with E-state index in [0.717, 1.165) is 43.7 Å². The summed E-state index contributed by atoms with van der Waals surface area (Å²) >= 11 is 5.90. The zero-order valence-corrected chi connectivity index (χ0v) is 17.0. The van der Waals surface area contributed by atoms with Gasteiger partial charge >= 0.3 is 6.09 Å². The van der Waals surface area contributed by atoms with E-state index in [1.807, 2.05) is 26.8 Å². The van der Waals surface area contributed by atoms with Crippen molar-refractivity contribution in [2.45, 2.75) is 58.1 Å². The number of carbonyl (C=O) groups excluding carboxylic acids is 1. The molecule has 7 nitrogen and oxygen atoms in total. The van der Waals surface area contributed by atoms with Gasteiger partial charge in [0.25, 0.3) is 0 Å². The third-order valence-electron chi connectivity index (χ3n) is 4.85. The Morgan fingerprint density at radius 1 is 1.30 bits per heavy atom. The summed E-state index contributed by atoms with van der Waals surface area (Å²) < 4.78 is 5.43. The van der Waals surface area contributed by atoms with Crippen LogP contribution in [0.1, 0.15) is 47.0 Å². The molecule has 0 radical (unpaired) electrons. The summed E-state index contributed by atoms with van der Waals surface area (Å²) in [6.07, 6.45) is 3.87. The zero-order valence-electron chi connectivity index (χ0n) is 16.3. The van der Waals surface area contributed by atoms with Crippen LogP contribution < -0.4 is 10.2 Å². The normalized spacial score (nSPS) is 17.0. The zero-order chi connectivity index (χ0) is 19.7. The lowest BCUT2D eigenvalue weighted by atomic mass is 9.85. The van der Waals surface area contributed by atoms with Crippen LogP contribution in [0.25, 0.3) is 11.2 Å². The highest BCUT2D eigenvalue weighted by Crippen LogP contribution is 2.29. The van der Waals surface area contributed by atoms with Crippen molar-refractivity contribution in [2.75, 3.05) is 18.0 Å². The van der Waals surface area contributed by atoms with Gasteiger partial charge in [-0.05, 0) is 52.2 Å². The molecule has 3 rings (SSSR count). The van der Waals surface area contributed by atoms with Crippen LogP contribution in [0.4, 0.5) is 10.6 Å². The second kappa shape index (κ2) is 7.46. The fraction of sp³-hybridized carbons (Fsp3) is 0.579. The maximum Gasteiger partial charge on any atom is 0.408 e. The first-order valence-electron chi connectivity index (χ1n) is 9.25. The summed E-state index contributed by atoms with van der Waals surface area (Å²) in [5.74, 6) is 0.814. The number of aromatic nitrogens is 3. The second-order valence-corrected chi connectivity index (χ2v) is 8.34. The largest absolute Gasteiger partial charge is 0.444 e. The lowest BCUT2D eigenvalue weighted by Gasteiger charge is -2.42. The molecule has 0 atom stereocenters. The van der Waals surface area contributed by atoms with Crippen LogP contribution in [-0.4, -0.2) is 45.3 Å². The molecule has 3 heterocycles. The predicted octanol–water partition coefficient (Wildman–Crippen LogP) is 3.95. The van der Waals surface area contributed by atoms with E-state index in [2.05, 4.69) is 32.1 Å². The van der Waals surface area contributed by atoms with E-state index in [1.165, 1.54) is 0 Å². The summed E-state index contributed by atoms with van der Waals surface area (Å²) in [5.41, 5.74) is 0.504. The molecule has 0 saturated carbocycles. The van der Waals surface area contributed by atoms with Crippen LogP contribution in [0, 0.1) is 0 Å². The van der Waals surface area contributed by atoms with Crippen molar-refractivity contribution in [1.29, 1.82) is 0 Å². The molecule has 146 valence electrons. The molecule has 1 saturated heterocycles. The van der Waals surface area contributed by atoms with Crippen LogP contribution in [0.3, 0.4) is 0 Å². The smallest absolute Gasteiger partial charge is 0.408 e. The summed E-state index contributed by atoms with van der Waals surface area (Å²) in [5, 5.41) is 3.50. The lowest BCUT2D eigenvalue weighted by Crippen LogP contribution is -2.56. The maximum atomic E-state index is 12.2. The summed E-state index contributed by atoms with van der Waals surface area (Å²) in [4.78, 5) is 27.6. The molecule has 8 heteroatoms. The molecule has 2 aromatic rings. The molecule has 27 heavy (non-hydrogen) atoms. The Bertz CT molecular complexity index is 828. The Labute approximate surface area is 164 Å². The maximum absolute atomic E-state index is 12.2. The van der Waals surface area contributed by atoms with Crippen molar-refractivity contribution in [3.63, 3.8) is 0 Å². The van der Waals surface area contributed by atoms with Gasteiger partial charge in [0, 0.05) is 18.6 Å². The van der Waals surface area contributed by atoms with Gasteiger partial charge in [-0.3, -0.25) is 0 Å². The minimum Gasteiger partial charge on any atom is -0.444 e. The fourth-order valence-electron chi connectivity index (χ4n) is 3.27. The first-order chi connectivity index (χ1) is 12.7. The quantitative estimate of drug-likeness (QED) is 0.798. The van der Waals surface area contributed by atoms with Crippen molar-refractivity contribution in [1.82, 2.24) is 20.3 Å². The van der Waals surface area contributed by atoms with E-state index in [-0.39, 0.29) is 11.6 Å². The van der Waals surface area contributed by atoms with E-state index in [4.69, 9.17) is 16.3 Å². The minimum atomic E-state index is -0.503. The number of ether oxygens (including phenoxy) is 1. The molecule has 0 unspecified atom stereocenters. The van der Waals surface area contributed by atoms with E-state index >= 15 is 0 Å². The molecular formula is C19H26ClN5O2. The van der Waals surface area contributed by atoms with Crippen LogP contribution in [-0.2, 0) is 4.74 Å². The van der Waals surface area contributed by atoms with Crippen molar-refractivity contribution in [3.05, 3.63) is 23.5 Å². The number of fused-ring (bicyclic) bond motifs is 1. The van der Waals surface area contributed by atoms with Crippen molar-refractivity contribution in [2.24, 2.45) is 0 Å². The Morgan fingerprint density at radius 3 is 2.63 bits per heavy atom. The summed E-state index contributed by atoms with van der Waals surface area (Å²) in [7, 11) is 0. The van der Waals surface area contributed by atoms with Gasteiger partial charge in [0.2, 0.25) is 0 Å². The predicted molar refractivity (Wildman–Crippen MR) is 106 cm³/mol. The number of hydrogen-bond acceptors (Lipinski definition) is 6. The number of carbonyl (C=O) groups is 1. The van der Waals surface area contributed by atoms with Gasteiger partial charge in [-0.15, -0.1) is 0 Å². The molecule has 2 aromatic heterocycles. The molecule has 1 fully saturated rings. The third kappa shape index (κ3) is 4.77. The van der Waals surface area contributed by atoms with Crippen molar-refractivity contribution in [3.8, 4) is 0 Å². The van der Waals surface area contributed by atoms with Crippen molar-refractivity contribution >= 4 is 34.7 Å². The fourth-order valence-corrected chi connectivity index (χ4v) is 3.42. The minimum absolute atomic E-state index is 0.252. The SMILES string of the molecule is CCC1(NC(=O)OC(C)(C)C)CCN(c2cnc3nc(Cl)ccc3n2)CC1. The number of nitrogens with one attached hydrogen (secondary N) is 1. The van der Waals surface area contributed by atoms with Gasteiger partial charge in [-0.2, -0.15) is 0 Å². The standard InChI is InChI=1S/C19H26ClN5O2/c1-5-19(24-17(26)27-18(2,3)4)8-10-25(11-9-19)15-12-21-16-13(22-15)6-7-14(20)23-16/h6-7,12H,5,8-11H2,1-4H3,(H,24,26). The van der Waals surface area contributed by atoms with Crippen LogP contribution in [0.2, 0.25) is 5.15 Å². The second-order valence-electron chi connectivity index (χ2n) is 7.95. The van der Waals surface area contributed by atoms with Crippen LogP contribution >= 0.6 is 11.6 Å². The Kier molecular flexibility index (Phi) is 5.42. The molecule has 0 aromatic carbocycles. The lowest BCUT2D eigenvalue weighted by molar-refractivity contribution is 0.0431. The van der Waals surface area contributed by atoms with Crippen LogP contribution in [0.5, 0.6) is 0 Å². The molecule has 0 aliphatic carbocycles. The van der Waals surface area contributed by atoms with Crippen LogP contribution in [0.15, 0.2) is 18.3 Å². The average molecular weight is 392 g/mol. The number of piperidine rings is 1. The Hall–Kier alpha value is -2.15. The molecule has 0 bridgehead atoms. The van der Waals surface area contributed by atoms with E-state index in [1.54, 1.807) is 12.3 Å². The van der Waals surface area contributed by atoms with Gasteiger partial charge < -0.3 is 15.0 Å². The third-order valence-corrected chi connectivity index (χ3v) is 5.06. The highest BCUT2D eigenvalue weighted by Gasteiger charge is 2.36. The van der Waals surface area contributed by atoms with Gasteiger partial charge in [-0.25, -0.2) is 19.7 Å². The first-order valence-corrected chi connectivity index (χ1v) is 9.63. The number of anilines is 1. The first kappa shape index (κ1) is 19.6. The number of hydrogen-bond donors (Lipinski definition) is 1. The molecule has 1 N–H and O–H groups in total. The number of nitrogens with zero attached hydrogens (tertiary/aromatic N) is 4. The Balaban J connectivity index is 1.68. The molecule has 1 amide bonds. The number of alkyl carbamates (subject to hydrolysis) is 1. The highest BCUT2D eigenvalue weighted by atomic mass is 35.5. The number of halogens is 1. The monoisotopic (exact) mass is 391 g/mol. The Morgan fingerprint density at radius 2 is 2.00 bits per heavy atom. The van der Waals surface area contributed by atoms with Gasteiger partial charge in [0.1, 0.15) is 22.1 Å². The number of rotatable bonds is 3. The average Bonchev–Trinajstić information content (AvgIpc) is 2.60. The van der Waals surface area contributed by atoms with E-state index in [0.29, 0.717) is 10.8 Å². The molecular weight excluding hydrogens is 366 g/mol. The molecule has 1 aliphatic heterocycles. The topological polar surface area (TPSA) is 80.2 Å². The van der Waals surface area contributed by atoms with Gasteiger partial charge in [-0.1, -0.05) is 18.5 Å². The highest BCUT2D eigenvalue weighted by molar-refractivity contribution is 6.29. The summed E-state index contributed by atoms with van der Waals surface area (Å²) in [6, 6.07) is 3.54. The van der Waals surface area contributed by atoms with Gasteiger partial charge in [0.15, 0.2) is 5.65 Å². The van der Waals surface area contributed by atoms with Crippen molar-refractivity contribution < 1.29 is 9.53 Å². The van der Waals surface area contributed by atoms with E-state index < -0.39 is 5.60 Å². The molecule has 0 spiro atoms. The van der Waals surface area contributed by atoms with Gasteiger partial charge in [0.05, 0.1) is 6.20 Å². The summed E-state index contributed by atoms with van der Waals surface area (Å²) in [6.45, 7) is 9.27. The number of amides is 1. The number of pyridine rings is 1.